The predicted octanol–water partition coefficient (Wildman–Crippen LogP) is 7.08. The summed E-state index contributed by atoms with van der Waals surface area (Å²) in [5.41, 5.74) is 1.57. The first kappa shape index (κ1) is 24.0. The summed E-state index contributed by atoms with van der Waals surface area (Å²) in [4.78, 5) is 2.73. The number of anilines is 1. The Labute approximate surface area is 170 Å². The summed E-state index contributed by atoms with van der Waals surface area (Å²) < 4.78 is 2.49. The van der Waals surface area contributed by atoms with Crippen molar-refractivity contribution in [1.29, 1.82) is 0 Å². The van der Waals surface area contributed by atoms with Gasteiger partial charge in [-0.1, -0.05) is 65.7 Å². The SMILES string of the molecule is CCCCCCc1ccc[n+](CC)c1N(CCCCCC)CCCCCC. The summed E-state index contributed by atoms with van der Waals surface area (Å²) in [6.07, 6.45) is 19.7. The Morgan fingerprint density at radius 3 is 1.78 bits per heavy atom. The molecular formula is C25H47N2+. The molecule has 0 N–H and O–H groups in total. The molecule has 0 aliphatic rings. The number of hydrogen-bond acceptors (Lipinski definition) is 1. The van der Waals surface area contributed by atoms with Crippen LogP contribution in [-0.4, -0.2) is 13.1 Å². The quantitative estimate of drug-likeness (QED) is 0.208. The van der Waals surface area contributed by atoms with Crippen LogP contribution in [0.1, 0.15) is 110 Å². The molecule has 0 atom stereocenters. The van der Waals surface area contributed by atoms with E-state index in [4.69, 9.17) is 0 Å². The molecule has 0 aliphatic carbocycles. The molecule has 0 saturated heterocycles. The van der Waals surface area contributed by atoms with Gasteiger partial charge in [0.1, 0.15) is 0 Å². The third-order valence-corrected chi connectivity index (χ3v) is 5.63. The number of nitrogens with zero attached hydrogens (tertiary/aromatic N) is 2. The number of rotatable bonds is 17. The van der Waals surface area contributed by atoms with Gasteiger partial charge in [-0.2, -0.15) is 0 Å². The minimum Gasteiger partial charge on any atom is -0.261 e. The average molecular weight is 376 g/mol. The second kappa shape index (κ2) is 16.0. The summed E-state index contributed by atoms with van der Waals surface area (Å²) in [6, 6.07) is 4.65. The topological polar surface area (TPSA) is 7.12 Å². The normalized spacial score (nSPS) is 11.1. The molecule has 1 heterocycles. The Hall–Kier alpha value is -1.05. The van der Waals surface area contributed by atoms with Crippen molar-refractivity contribution in [3.8, 4) is 0 Å². The first-order valence-electron chi connectivity index (χ1n) is 12.0. The standard InChI is InChI=1S/C25H47N2/c1-5-9-12-15-19-24-20-18-23-26(8-4)25(24)27(21-16-13-10-6-2)22-17-14-11-7-3/h18,20,23H,5-17,19,21-22H2,1-4H3/q+1. The van der Waals surface area contributed by atoms with E-state index in [2.05, 4.69) is 55.5 Å². The van der Waals surface area contributed by atoms with Crippen LogP contribution in [0.3, 0.4) is 0 Å². The summed E-state index contributed by atoms with van der Waals surface area (Å²) in [6.45, 7) is 12.7. The molecule has 0 aliphatic heterocycles. The fourth-order valence-corrected chi connectivity index (χ4v) is 3.95. The van der Waals surface area contributed by atoms with Crippen molar-refractivity contribution in [2.45, 2.75) is 118 Å². The van der Waals surface area contributed by atoms with Crippen molar-refractivity contribution < 1.29 is 4.57 Å². The zero-order valence-corrected chi connectivity index (χ0v) is 18.9. The van der Waals surface area contributed by atoms with E-state index in [0.717, 1.165) is 6.54 Å². The van der Waals surface area contributed by atoms with E-state index in [9.17, 15) is 0 Å². The molecule has 0 radical (unpaired) electrons. The fourth-order valence-electron chi connectivity index (χ4n) is 3.95. The summed E-state index contributed by atoms with van der Waals surface area (Å²) in [5.74, 6) is 1.52. The van der Waals surface area contributed by atoms with Crippen molar-refractivity contribution >= 4 is 5.82 Å². The molecule has 0 spiro atoms. The predicted molar refractivity (Wildman–Crippen MR) is 121 cm³/mol. The van der Waals surface area contributed by atoms with Crippen LogP contribution >= 0.6 is 0 Å². The Kier molecular flexibility index (Phi) is 14.2. The van der Waals surface area contributed by atoms with Crippen LogP contribution in [0.4, 0.5) is 5.82 Å². The maximum absolute atomic E-state index is 2.73. The van der Waals surface area contributed by atoms with Gasteiger partial charge in [-0.05, 0) is 57.6 Å². The molecule has 27 heavy (non-hydrogen) atoms. The number of unbranched alkanes of at least 4 members (excludes halogenated alkanes) is 9. The van der Waals surface area contributed by atoms with E-state index in [-0.39, 0.29) is 0 Å². The highest BCUT2D eigenvalue weighted by atomic mass is 15.2. The van der Waals surface area contributed by atoms with Crippen molar-refractivity contribution in [3.05, 3.63) is 23.9 Å². The van der Waals surface area contributed by atoms with Crippen LogP contribution < -0.4 is 9.47 Å². The summed E-state index contributed by atoms with van der Waals surface area (Å²) >= 11 is 0. The third kappa shape index (κ3) is 9.63. The lowest BCUT2D eigenvalue weighted by Gasteiger charge is -2.22. The molecule has 0 saturated carbocycles. The number of aryl methyl sites for hydroxylation is 2. The lowest BCUT2D eigenvalue weighted by atomic mass is 10.1. The average Bonchev–Trinajstić information content (AvgIpc) is 2.70. The van der Waals surface area contributed by atoms with Crippen molar-refractivity contribution in [3.63, 3.8) is 0 Å². The van der Waals surface area contributed by atoms with E-state index >= 15 is 0 Å². The van der Waals surface area contributed by atoms with Gasteiger partial charge in [0.25, 0.3) is 5.82 Å². The van der Waals surface area contributed by atoms with Crippen LogP contribution in [-0.2, 0) is 13.0 Å². The van der Waals surface area contributed by atoms with E-state index in [1.54, 1.807) is 5.56 Å². The van der Waals surface area contributed by atoms with Gasteiger partial charge in [-0.3, -0.25) is 4.90 Å². The molecular weight excluding hydrogens is 328 g/mol. The zero-order chi connectivity index (χ0) is 19.7. The first-order valence-corrected chi connectivity index (χ1v) is 12.0. The van der Waals surface area contributed by atoms with Gasteiger partial charge in [0, 0.05) is 5.56 Å². The van der Waals surface area contributed by atoms with E-state index in [1.807, 2.05) is 0 Å². The Bertz CT molecular complexity index is 457. The van der Waals surface area contributed by atoms with Crippen molar-refractivity contribution in [2.24, 2.45) is 0 Å². The van der Waals surface area contributed by atoms with E-state index in [1.165, 1.54) is 102 Å². The van der Waals surface area contributed by atoms with E-state index < -0.39 is 0 Å². The van der Waals surface area contributed by atoms with Crippen LogP contribution in [0.5, 0.6) is 0 Å². The lowest BCUT2D eigenvalue weighted by Crippen LogP contribution is -2.43. The van der Waals surface area contributed by atoms with Gasteiger partial charge in [-0.15, -0.1) is 0 Å². The second-order valence-corrected chi connectivity index (χ2v) is 8.06. The molecule has 156 valence electrons. The molecule has 0 fully saturated rings. The monoisotopic (exact) mass is 375 g/mol. The summed E-state index contributed by atoms with van der Waals surface area (Å²) in [7, 11) is 0. The largest absolute Gasteiger partial charge is 0.279 e. The van der Waals surface area contributed by atoms with Crippen LogP contribution in [0, 0.1) is 0 Å². The highest BCUT2D eigenvalue weighted by molar-refractivity contribution is 5.42. The van der Waals surface area contributed by atoms with Gasteiger partial charge in [-0.25, -0.2) is 4.57 Å². The maximum atomic E-state index is 2.73. The van der Waals surface area contributed by atoms with Gasteiger partial charge in [0.05, 0.1) is 25.8 Å². The second-order valence-electron chi connectivity index (χ2n) is 8.06. The molecule has 1 aromatic rings. The van der Waals surface area contributed by atoms with Crippen LogP contribution in [0.25, 0.3) is 0 Å². The van der Waals surface area contributed by atoms with E-state index in [0.29, 0.717) is 0 Å². The number of hydrogen-bond donors (Lipinski definition) is 0. The Morgan fingerprint density at radius 1 is 0.704 bits per heavy atom. The fraction of sp³-hybridized carbons (Fsp3) is 0.800. The minimum atomic E-state index is 1.07. The van der Waals surface area contributed by atoms with Crippen molar-refractivity contribution in [2.75, 3.05) is 18.0 Å². The van der Waals surface area contributed by atoms with Crippen LogP contribution in [0.15, 0.2) is 18.3 Å². The van der Waals surface area contributed by atoms with Crippen molar-refractivity contribution in [1.82, 2.24) is 0 Å². The van der Waals surface area contributed by atoms with Gasteiger partial charge in [0.2, 0.25) is 0 Å². The first-order chi connectivity index (χ1) is 13.3. The smallest absolute Gasteiger partial charge is 0.261 e. The molecule has 0 aromatic carbocycles. The molecule has 1 rings (SSSR count). The van der Waals surface area contributed by atoms with Gasteiger partial charge < -0.3 is 0 Å². The maximum Gasteiger partial charge on any atom is 0.279 e. The molecule has 2 nitrogen and oxygen atoms in total. The molecule has 0 unspecified atom stereocenters. The van der Waals surface area contributed by atoms with Gasteiger partial charge in [0.15, 0.2) is 0 Å². The molecule has 1 aromatic heterocycles. The number of pyridine rings is 1. The zero-order valence-electron chi connectivity index (χ0n) is 18.9. The molecule has 0 amide bonds. The lowest BCUT2D eigenvalue weighted by molar-refractivity contribution is -0.681. The third-order valence-electron chi connectivity index (χ3n) is 5.63. The highest BCUT2D eigenvalue weighted by Gasteiger charge is 2.22. The van der Waals surface area contributed by atoms with Crippen LogP contribution in [0.2, 0.25) is 0 Å². The van der Waals surface area contributed by atoms with Gasteiger partial charge >= 0.3 is 0 Å². The molecule has 0 bridgehead atoms. The molecule has 2 heteroatoms. The highest BCUT2D eigenvalue weighted by Crippen LogP contribution is 2.21. The summed E-state index contributed by atoms with van der Waals surface area (Å²) in [5, 5.41) is 0. The number of aromatic nitrogens is 1. The minimum absolute atomic E-state index is 1.07. The Morgan fingerprint density at radius 2 is 1.26 bits per heavy atom. The Balaban J connectivity index is 2.89.